The molecule has 2 aromatic rings. The van der Waals surface area contributed by atoms with Crippen LogP contribution < -0.4 is 9.62 Å². The Bertz CT molecular complexity index is 1020. The van der Waals surface area contributed by atoms with E-state index >= 15 is 0 Å². The highest BCUT2D eigenvalue weighted by Gasteiger charge is 2.41. The lowest BCUT2D eigenvalue weighted by Gasteiger charge is -2.15. The van der Waals surface area contributed by atoms with Crippen LogP contribution in [0.15, 0.2) is 48.5 Å². The summed E-state index contributed by atoms with van der Waals surface area (Å²) in [5.41, 5.74) is -0.380. The van der Waals surface area contributed by atoms with E-state index in [2.05, 4.69) is 5.32 Å². The minimum atomic E-state index is -4.47. The zero-order valence-corrected chi connectivity index (χ0v) is 15.3. The van der Waals surface area contributed by atoms with Crippen LogP contribution in [0.1, 0.15) is 22.8 Å². The number of carbonyl (C=O) groups excluding carboxylic acids is 2. The Balaban J connectivity index is 1.75. The number of hydrogen-bond donors (Lipinski definition) is 1. The molecule has 0 spiro atoms. The molecule has 3 rings (SSSR count). The van der Waals surface area contributed by atoms with Gasteiger partial charge in [0.1, 0.15) is 0 Å². The molecule has 0 aliphatic carbocycles. The van der Waals surface area contributed by atoms with Gasteiger partial charge in [0, 0.05) is 11.3 Å². The van der Waals surface area contributed by atoms with E-state index in [0.29, 0.717) is 0 Å². The molecule has 1 heterocycles. The smallest absolute Gasteiger partial charge is 0.322 e. The summed E-state index contributed by atoms with van der Waals surface area (Å²) >= 11 is 0. The first-order valence-electron chi connectivity index (χ1n) is 8.14. The monoisotopic (exact) mass is 412 g/mol. The molecule has 1 saturated heterocycles. The van der Waals surface area contributed by atoms with Crippen molar-refractivity contribution < 1.29 is 31.2 Å². The molecule has 1 fully saturated rings. The Hall–Kier alpha value is -2.88. The SMILES string of the molecule is C[C@H]1CS(=O)(=O)N(c2ccc(C(=O)Nc3ccc(C(F)(F)F)cc3)cc2)C1=O. The van der Waals surface area contributed by atoms with Gasteiger partial charge in [0.25, 0.3) is 5.91 Å². The zero-order valence-electron chi connectivity index (χ0n) is 14.5. The summed E-state index contributed by atoms with van der Waals surface area (Å²) < 4.78 is 62.6. The second-order valence-corrected chi connectivity index (χ2v) is 8.22. The normalized spacial score (nSPS) is 18.9. The van der Waals surface area contributed by atoms with Crippen molar-refractivity contribution in [3.05, 3.63) is 59.7 Å². The van der Waals surface area contributed by atoms with Crippen LogP contribution in [0.2, 0.25) is 0 Å². The number of halogens is 3. The average molecular weight is 412 g/mol. The molecule has 10 heteroatoms. The number of benzene rings is 2. The van der Waals surface area contributed by atoms with Gasteiger partial charge in [-0.3, -0.25) is 9.59 Å². The van der Waals surface area contributed by atoms with Crippen LogP contribution in [-0.4, -0.2) is 26.0 Å². The Labute approximate surface area is 159 Å². The number of alkyl halides is 3. The van der Waals surface area contributed by atoms with Gasteiger partial charge in [0.2, 0.25) is 15.9 Å². The van der Waals surface area contributed by atoms with Crippen LogP contribution in [0.5, 0.6) is 0 Å². The summed E-state index contributed by atoms with van der Waals surface area (Å²) in [5, 5.41) is 2.45. The van der Waals surface area contributed by atoms with Gasteiger partial charge in [-0.1, -0.05) is 6.92 Å². The molecule has 0 saturated carbocycles. The molecule has 1 aliphatic rings. The van der Waals surface area contributed by atoms with E-state index in [9.17, 15) is 31.2 Å². The summed E-state index contributed by atoms with van der Waals surface area (Å²) in [6.45, 7) is 1.52. The van der Waals surface area contributed by atoms with Gasteiger partial charge in [0.15, 0.2) is 0 Å². The van der Waals surface area contributed by atoms with Crippen LogP contribution in [0.3, 0.4) is 0 Å². The third kappa shape index (κ3) is 3.86. The molecular weight excluding hydrogens is 397 g/mol. The number of nitrogens with one attached hydrogen (secondary N) is 1. The number of rotatable bonds is 3. The van der Waals surface area contributed by atoms with Crippen molar-refractivity contribution >= 4 is 33.2 Å². The van der Waals surface area contributed by atoms with Crippen molar-refractivity contribution in [2.24, 2.45) is 5.92 Å². The van der Waals surface area contributed by atoms with E-state index in [4.69, 9.17) is 0 Å². The first kappa shape index (κ1) is 19.9. The molecule has 0 aromatic heterocycles. The maximum atomic E-state index is 12.6. The fourth-order valence-corrected chi connectivity index (χ4v) is 4.60. The maximum absolute atomic E-state index is 12.6. The molecule has 6 nitrogen and oxygen atoms in total. The van der Waals surface area contributed by atoms with Gasteiger partial charge >= 0.3 is 6.18 Å². The number of carbonyl (C=O) groups is 2. The van der Waals surface area contributed by atoms with Crippen LogP contribution >= 0.6 is 0 Å². The van der Waals surface area contributed by atoms with Crippen LogP contribution in [-0.2, 0) is 21.0 Å². The van der Waals surface area contributed by atoms with Crippen molar-refractivity contribution in [2.45, 2.75) is 13.1 Å². The summed E-state index contributed by atoms with van der Waals surface area (Å²) in [7, 11) is -3.74. The Morgan fingerprint density at radius 2 is 1.64 bits per heavy atom. The molecule has 0 bridgehead atoms. The molecule has 0 radical (unpaired) electrons. The van der Waals surface area contributed by atoms with E-state index in [-0.39, 0.29) is 22.7 Å². The lowest BCUT2D eigenvalue weighted by atomic mass is 10.1. The molecule has 1 atom stereocenters. The van der Waals surface area contributed by atoms with Gasteiger partial charge < -0.3 is 5.32 Å². The molecule has 1 N–H and O–H groups in total. The minimum Gasteiger partial charge on any atom is -0.322 e. The highest BCUT2D eigenvalue weighted by atomic mass is 32.2. The van der Waals surface area contributed by atoms with Gasteiger partial charge in [0.05, 0.1) is 22.9 Å². The van der Waals surface area contributed by atoms with E-state index in [1.807, 2.05) is 0 Å². The Kier molecular flexibility index (Phi) is 4.92. The van der Waals surface area contributed by atoms with E-state index in [0.717, 1.165) is 28.6 Å². The molecule has 0 unspecified atom stereocenters. The second-order valence-electron chi connectivity index (χ2n) is 6.36. The van der Waals surface area contributed by atoms with Crippen LogP contribution in [0.4, 0.5) is 24.5 Å². The summed E-state index contributed by atoms with van der Waals surface area (Å²) in [6, 6.07) is 9.29. The lowest BCUT2D eigenvalue weighted by molar-refractivity contribution is -0.137. The Morgan fingerprint density at radius 3 is 2.11 bits per heavy atom. The molecular formula is C18H15F3N2O4S. The molecule has 1 aliphatic heterocycles. The van der Waals surface area contributed by atoms with Gasteiger partial charge in [-0.05, 0) is 48.5 Å². The van der Waals surface area contributed by atoms with Gasteiger partial charge in [-0.2, -0.15) is 13.2 Å². The van der Waals surface area contributed by atoms with E-state index < -0.39 is 39.5 Å². The Morgan fingerprint density at radius 1 is 1.07 bits per heavy atom. The maximum Gasteiger partial charge on any atom is 0.416 e. The molecule has 148 valence electrons. The van der Waals surface area contributed by atoms with Crippen LogP contribution in [0, 0.1) is 5.92 Å². The van der Waals surface area contributed by atoms with E-state index in [1.165, 1.54) is 31.2 Å². The van der Waals surface area contributed by atoms with Gasteiger partial charge in [-0.25, -0.2) is 12.7 Å². The average Bonchev–Trinajstić information content (AvgIpc) is 2.82. The van der Waals surface area contributed by atoms with Gasteiger partial charge in [-0.15, -0.1) is 0 Å². The number of nitrogens with zero attached hydrogens (tertiary/aromatic N) is 1. The van der Waals surface area contributed by atoms with Crippen molar-refractivity contribution in [3.8, 4) is 0 Å². The number of anilines is 2. The largest absolute Gasteiger partial charge is 0.416 e. The van der Waals surface area contributed by atoms with Crippen molar-refractivity contribution in [2.75, 3.05) is 15.4 Å². The predicted octanol–water partition coefficient (Wildman–Crippen LogP) is 3.27. The topological polar surface area (TPSA) is 83.6 Å². The number of sulfonamides is 1. The number of hydrogen-bond acceptors (Lipinski definition) is 4. The molecule has 2 amide bonds. The zero-order chi connectivity index (χ0) is 20.7. The predicted molar refractivity (Wildman–Crippen MR) is 96.3 cm³/mol. The van der Waals surface area contributed by atoms with Crippen molar-refractivity contribution in [3.63, 3.8) is 0 Å². The fraction of sp³-hybridized carbons (Fsp3) is 0.222. The highest BCUT2D eigenvalue weighted by Crippen LogP contribution is 2.30. The van der Waals surface area contributed by atoms with Crippen molar-refractivity contribution in [1.82, 2.24) is 0 Å². The first-order chi connectivity index (χ1) is 13.0. The minimum absolute atomic E-state index is 0.125. The van der Waals surface area contributed by atoms with Crippen LogP contribution in [0.25, 0.3) is 0 Å². The summed E-state index contributed by atoms with van der Waals surface area (Å²) in [5.74, 6) is -2.05. The summed E-state index contributed by atoms with van der Waals surface area (Å²) in [6.07, 6.45) is -4.47. The number of amides is 2. The standard InChI is InChI=1S/C18H15F3N2O4S/c1-11-10-28(26,27)23(17(11)25)15-8-2-12(3-9-15)16(24)22-14-6-4-13(5-7-14)18(19,20)21/h2-9,11H,10H2,1H3,(H,22,24)/t11-/m0/s1. The lowest BCUT2D eigenvalue weighted by Crippen LogP contribution is -2.30. The van der Waals surface area contributed by atoms with Crippen molar-refractivity contribution in [1.29, 1.82) is 0 Å². The fourth-order valence-electron chi connectivity index (χ4n) is 2.78. The third-order valence-electron chi connectivity index (χ3n) is 4.19. The quantitative estimate of drug-likeness (QED) is 0.839. The first-order valence-corrected chi connectivity index (χ1v) is 9.75. The molecule has 28 heavy (non-hydrogen) atoms. The highest BCUT2D eigenvalue weighted by molar-refractivity contribution is 7.94. The van der Waals surface area contributed by atoms with E-state index in [1.54, 1.807) is 0 Å². The second kappa shape index (κ2) is 6.93. The molecule has 2 aromatic carbocycles. The third-order valence-corrected chi connectivity index (χ3v) is 6.06. The summed E-state index contributed by atoms with van der Waals surface area (Å²) in [4.78, 5) is 24.3.